The number of carbonyl (C=O) groups is 2. The first-order valence-electron chi connectivity index (χ1n) is 9.48. The van der Waals surface area contributed by atoms with Gasteiger partial charge in [-0.25, -0.2) is 0 Å². The van der Waals surface area contributed by atoms with Gasteiger partial charge in [0.25, 0.3) is 11.8 Å². The first kappa shape index (κ1) is 18.9. The summed E-state index contributed by atoms with van der Waals surface area (Å²) in [6, 6.07) is 13.5. The van der Waals surface area contributed by atoms with E-state index in [-0.39, 0.29) is 11.8 Å². The second-order valence-corrected chi connectivity index (χ2v) is 6.52. The standard InChI is InChI=1S/C21H26N4O2/c1-3-23(4-2)21(27)19-16-17(10-11-22-19)20(26)25-14-12-24(13-15-25)18-8-6-5-7-9-18/h5-11,16H,3-4,12-15H2,1-2H3. The summed E-state index contributed by atoms with van der Waals surface area (Å²) in [4.78, 5) is 35.4. The number of hydrogen-bond acceptors (Lipinski definition) is 4. The lowest BCUT2D eigenvalue weighted by Crippen LogP contribution is -2.48. The van der Waals surface area contributed by atoms with Crippen LogP contribution >= 0.6 is 0 Å². The number of aromatic nitrogens is 1. The third-order valence-corrected chi connectivity index (χ3v) is 4.96. The third-order valence-electron chi connectivity index (χ3n) is 4.96. The van der Waals surface area contributed by atoms with Crippen LogP contribution in [0.15, 0.2) is 48.7 Å². The van der Waals surface area contributed by atoms with Gasteiger partial charge in [0.1, 0.15) is 5.69 Å². The van der Waals surface area contributed by atoms with Gasteiger partial charge < -0.3 is 14.7 Å². The van der Waals surface area contributed by atoms with E-state index in [4.69, 9.17) is 0 Å². The molecule has 27 heavy (non-hydrogen) atoms. The monoisotopic (exact) mass is 366 g/mol. The average Bonchev–Trinajstić information content (AvgIpc) is 2.75. The molecule has 1 aromatic carbocycles. The number of carbonyl (C=O) groups excluding carboxylic acids is 2. The maximum atomic E-state index is 12.9. The third kappa shape index (κ3) is 4.27. The van der Waals surface area contributed by atoms with Crippen molar-refractivity contribution >= 4 is 17.5 Å². The molecule has 1 aliphatic heterocycles. The van der Waals surface area contributed by atoms with E-state index in [1.165, 1.54) is 5.69 Å². The molecule has 6 heteroatoms. The summed E-state index contributed by atoms with van der Waals surface area (Å²) < 4.78 is 0. The van der Waals surface area contributed by atoms with Gasteiger partial charge in [0.15, 0.2) is 0 Å². The Morgan fingerprint density at radius 3 is 2.30 bits per heavy atom. The summed E-state index contributed by atoms with van der Waals surface area (Å²) in [5.41, 5.74) is 2.03. The van der Waals surface area contributed by atoms with Crippen LogP contribution in [-0.2, 0) is 0 Å². The van der Waals surface area contributed by atoms with Gasteiger partial charge in [-0.2, -0.15) is 0 Å². The van der Waals surface area contributed by atoms with Crippen LogP contribution in [0.3, 0.4) is 0 Å². The van der Waals surface area contributed by atoms with Crippen LogP contribution in [0.4, 0.5) is 5.69 Å². The normalized spacial score (nSPS) is 14.1. The quantitative estimate of drug-likeness (QED) is 0.816. The molecule has 0 radical (unpaired) electrons. The predicted molar refractivity (Wildman–Crippen MR) is 106 cm³/mol. The molecule has 0 saturated carbocycles. The summed E-state index contributed by atoms with van der Waals surface area (Å²) in [6.45, 7) is 8.03. The lowest BCUT2D eigenvalue weighted by Gasteiger charge is -2.36. The number of para-hydroxylation sites is 1. The number of benzene rings is 1. The molecule has 2 amide bonds. The first-order valence-corrected chi connectivity index (χ1v) is 9.48. The molecule has 2 heterocycles. The smallest absolute Gasteiger partial charge is 0.272 e. The zero-order chi connectivity index (χ0) is 19.2. The highest BCUT2D eigenvalue weighted by molar-refractivity contribution is 5.98. The van der Waals surface area contributed by atoms with Gasteiger partial charge >= 0.3 is 0 Å². The molecule has 0 bridgehead atoms. The molecule has 1 aliphatic rings. The van der Waals surface area contributed by atoms with Crippen LogP contribution in [0, 0.1) is 0 Å². The van der Waals surface area contributed by atoms with Crippen LogP contribution < -0.4 is 4.90 Å². The van der Waals surface area contributed by atoms with Gasteiger partial charge in [-0.05, 0) is 38.1 Å². The van der Waals surface area contributed by atoms with E-state index < -0.39 is 0 Å². The molecule has 3 rings (SSSR count). The van der Waals surface area contributed by atoms with Crippen molar-refractivity contribution in [2.75, 3.05) is 44.2 Å². The highest BCUT2D eigenvalue weighted by Crippen LogP contribution is 2.17. The fourth-order valence-corrected chi connectivity index (χ4v) is 3.34. The summed E-state index contributed by atoms with van der Waals surface area (Å²) in [7, 11) is 0. The van der Waals surface area contributed by atoms with Gasteiger partial charge in [-0.3, -0.25) is 14.6 Å². The zero-order valence-corrected chi connectivity index (χ0v) is 16.0. The molecular weight excluding hydrogens is 340 g/mol. The molecule has 6 nitrogen and oxygen atoms in total. The molecule has 1 saturated heterocycles. The minimum Gasteiger partial charge on any atom is -0.368 e. The highest BCUT2D eigenvalue weighted by Gasteiger charge is 2.23. The van der Waals surface area contributed by atoms with Gasteiger partial charge in [-0.15, -0.1) is 0 Å². The topological polar surface area (TPSA) is 56.8 Å². The van der Waals surface area contributed by atoms with E-state index in [0.29, 0.717) is 37.4 Å². The molecular formula is C21H26N4O2. The zero-order valence-electron chi connectivity index (χ0n) is 16.0. The fraction of sp³-hybridized carbons (Fsp3) is 0.381. The summed E-state index contributed by atoms with van der Waals surface area (Å²) >= 11 is 0. The summed E-state index contributed by atoms with van der Waals surface area (Å²) in [5.74, 6) is -0.178. The Morgan fingerprint density at radius 2 is 1.67 bits per heavy atom. The van der Waals surface area contributed by atoms with Crippen molar-refractivity contribution < 1.29 is 9.59 Å². The number of nitrogens with zero attached hydrogens (tertiary/aromatic N) is 4. The number of amides is 2. The van der Waals surface area contributed by atoms with Crippen molar-refractivity contribution in [1.29, 1.82) is 0 Å². The van der Waals surface area contributed by atoms with E-state index in [0.717, 1.165) is 13.1 Å². The molecule has 0 atom stereocenters. The molecule has 1 aromatic heterocycles. The molecule has 1 fully saturated rings. The average molecular weight is 366 g/mol. The molecule has 0 unspecified atom stereocenters. The second kappa shape index (κ2) is 8.66. The van der Waals surface area contributed by atoms with Crippen LogP contribution in [0.1, 0.15) is 34.7 Å². The largest absolute Gasteiger partial charge is 0.368 e. The van der Waals surface area contributed by atoms with E-state index in [1.807, 2.05) is 36.9 Å². The van der Waals surface area contributed by atoms with E-state index >= 15 is 0 Å². The van der Waals surface area contributed by atoms with E-state index in [9.17, 15) is 9.59 Å². The fourth-order valence-electron chi connectivity index (χ4n) is 3.34. The number of hydrogen-bond donors (Lipinski definition) is 0. The maximum absolute atomic E-state index is 12.9. The Kier molecular flexibility index (Phi) is 6.06. The van der Waals surface area contributed by atoms with Crippen LogP contribution in [0.25, 0.3) is 0 Å². The molecule has 0 spiro atoms. The van der Waals surface area contributed by atoms with Crippen molar-refractivity contribution in [3.8, 4) is 0 Å². The van der Waals surface area contributed by atoms with Gasteiger partial charge in [0.2, 0.25) is 0 Å². The van der Waals surface area contributed by atoms with Crippen molar-refractivity contribution in [1.82, 2.24) is 14.8 Å². The lowest BCUT2D eigenvalue weighted by molar-refractivity contribution is 0.0746. The van der Waals surface area contributed by atoms with E-state index in [1.54, 1.807) is 23.2 Å². The van der Waals surface area contributed by atoms with Crippen molar-refractivity contribution in [3.05, 3.63) is 59.9 Å². The maximum Gasteiger partial charge on any atom is 0.272 e. The summed E-state index contributed by atoms with van der Waals surface area (Å²) in [5, 5.41) is 0. The number of pyridine rings is 1. The van der Waals surface area contributed by atoms with Gasteiger partial charge in [0.05, 0.1) is 0 Å². The first-order chi connectivity index (χ1) is 13.1. The van der Waals surface area contributed by atoms with Gasteiger partial charge in [-0.1, -0.05) is 18.2 Å². The predicted octanol–water partition coefficient (Wildman–Crippen LogP) is 2.53. The Labute approximate surface area is 160 Å². The lowest BCUT2D eigenvalue weighted by atomic mass is 10.1. The Hall–Kier alpha value is -2.89. The molecule has 142 valence electrons. The Balaban J connectivity index is 1.67. The second-order valence-electron chi connectivity index (χ2n) is 6.52. The van der Waals surface area contributed by atoms with Crippen molar-refractivity contribution in [2.45, 2.75) is 13.8 Å². The van der Waals surface area contributed by atoms with Crippen molar-refractivity contribution in [2.24, 2.45) is 0 Å². The SMILES string of the molecule is CCN(CC)C(=O)c1cc(C(=O)N2CCN(c3ccccc3)CC2)ccn1. The molecule has 0 aliphatic carbocycles. The van der Waals surface area contributed by atoms with Gasteiger partial charge in [0, 0.05) is 56.7 Å². The Morgan fingerprint density at radius 1 is 1.00 bits per heavy atom. The minimum atomic E-state index is -0.136. The van der Waals surface area contributed by atoms with Crippen LogP contribution in [-0.4, -0.2) is 65.9 Å². The van der Waals surface area contributed by atoms with Crippen LogP contribution in [0.5, 0.6) is 0 Å². The Bertz CT molecular complexity index is 782. The van der Waals surface area contributed by atoms with E-state index in [2.05, 4.69) is 22.0 Å². The number of anilines is 1. The number of piperazine rings is 1. The van der Waals surface area contributed by atoms with Crippen LogP contribution in [0.2, 0.25) is 0 Å². The van der Waals surface area contributed by atoms with Crippen molar-refractivity contribution in [3.63, 3.8) is 0 Å². The highest BCUT2D eigenvalue weighted by atomic mass is 16.2. The number of rotatable bonds is 5. The molecule has 0 N–H and O–H groups in total. The molecule has 2 aromatic rings. The summed E-state index contributed by atoms with van der Waals surface area (Å²) in [6.07, 6.45) is 1.55. The minimum absolute atomic E-state index is 0.0429.